The third kappa shape index (κ3) is 3.07. The van der Waals surface area contributed by atoms with Gasteiger partial charge in [0, 0.05) is 37.9 Å². The van der Waals surface area contributed by atoms with Gasteiger partial charge in [-0.15, -0.1) is 0 Å². The predicted octanol–water partition coefficient (Wildman–Crippen LogP) is 2.52. The first-order valence-corrected chi connectivity index (χ1v) is 7.89. The van der Waals surface area contributed by atoms with Crippen molar-refractivity contribution in [1.82, 2.24) is 9.47 Å². The summed E-state index contributed by atoms with van der Waals surface area (Å²) < 4.78 is 2.00. The molecule has 0 saturated carbocycles. The Morgan fingerprint density at radius 3 is 2.77 bits per heavy atom. The first-order valence-electron chi connectivity index (χ1n) is 7.89. The Hall–Kier alpha value is -2.07. The maximum absolute atomic E-state index is 11.8. The van der Waals surface area contributed by atoms with E-state index in [1.165, 1.54) is 11.1 Å². The van der Waals surface area contributed by atoms with Gasteiger partial charge in [0.25, 0.3) is 0 Å². The molecule has 0 atom stereocenters. The molecule has 116 valence electrons. The first kappa shape index (κ1) is 14.9. The molecule has 22 heavy (non-hydrogen) atoms. The lowest BCUT2D eigenvalue weighted by Crippen LogP contribution is -2.31. The molecule has 0 aliphatic carbocycles. The molecule has 0 unspecified atom stereocenters. The molecule has 0 saturated heterocycles. The lowest BCUT2D eigenvalue weighted by Gasteiger charge is -2.29. The number of aryl methyl sites for hydroxylation is 1. The Kier molecular flexibility index (Phi) is 4.29. The van der Waals surface area contributed by atoms with E-state index in [0.717, 1.165) is 44.7 Å². The van der Waals surface area contributed by atoms with Crippen molar-refractivity contribution in [2.75, 3.05) is 6.54 Å². The number of aromatic hydroxyl groups is 1. The van der Waals surface area contributed by atoms with E-state index in [2.05, 4.69) is 36.1 Å². The smallest absolute Gasteiger partial charge is 0.223 e. The second-order valence-corrected chi connectivity index (χ2v) is 5.94. The van der Waals surface area contributed by atoms with Crippen molar-refractivity contribution >= 4 is 0 Å². The van der Waals surface area contributed by atoms with Gasteiger partial charge in [-0.3, -0.25) is 9.69 Å². The van der Waals surface area contributed by atoms with Crippen molar-refractivity contribution in [2.24, 2.45) is 0 Å². The highest BCUT2D eigenvalue weighted by molar-refractivity contribution is 5.29. The number of aromatic nitrogens is 1. The van der Waals surface area contributed by atoms with Crippen LogP contribution in [-0.4, -0.2) is 21.1 Å². The van der Waals surface area contributed by atoms with Crippen molar-refractivity contribution in [1.29, 1.82) is 0 Å². The molecular weight excluding hydrogens is 276 g/mol. The molecule has 2 aromatic rings. The van der Waals surface area contributed by atoms with Crippen molar-refractivity contribution in [2.45, 2.75) is 39.4 Å². The summed E-state index contributed by atoms with van der Waals surface area (Å²) in [5.74, 6) is -0.166. The van der Waals surface area contributed by atoms with Crippen LogP contribution in [0.15, 0.2) is 41.3 Å². The summed E-state index contributed by atoms with van der Waals surface area (Å²) in [5, 5.41) is 9.64. The normalized spacial score (nSPS) is 14.8. The molecular formula is C18H22N2O2. The van der Waals surface area contributed by atoms with Gasteiger partial charge in [-0.2, -0.15) is 0 Å². The van der Waals surface area contributed by atoms with Crippen molar-refractivity contribution in [3.63, 3.8) is 0 Å². The van der Waals surface area contributed by atoms with Gasteiger partial charge in [0.1, 0.15) is 0 Å². The standard InChI is InChI=1S/C18H22N2O2/c1-2-8-20-13-18(22)17(21)10-16(20)12-19-9-7-14-5-3-4-6-15(14)11-19/h3-6,10,13,22H,2,7-9,11-12H2,1H3. The van der Waals surface area contributed by atoms with E-state index in [-0.39, 0.29) is 11.2 Å². The van der Waals surface area contributed by atoms with E-state index in [0.29, 0.717) is 0 Å². The van der Waals surface area contributed by atoms with Gasteiger partial charge in [0.15, 0.2) is 5.75 Å². The van der Waals surface area contributed by atoms with E-state index in [1.54, 1.807) is 12.3 Å². The second kappa shape index (κ2) is 6.36. The summed E-state index contributed by atoms with van der Waals surface area (Å²) in [6.07, 6.45) is 3.59. The maximum Gasteiger partial charge on any atom is 0.223 e. The number of rotatable bonds is 4. The number of fused-ring (bicyclic) bond motifs is 1. The summed E-state index contributed by atoms with van der Waals surface area (Å²) in [6.45, 7) is 5.56. The first-order chi connectivity index (χ1) is 10.7. The molecule has 0 bridgehead atoms. The Balaban J connectivity index is 1.82. The quantitative estimate of drug-likeness (QED) is 0.943. The van der Waals surface area contributed by atoms with E-state index in [9.17, 15) is 9.90 Å². The SMILES string of the molecule is CCCn1cc(O)c(=O)cc1CN1CCc2ccccc2C1. The molecule has 4 heteroatoms. The van der Waals surface area contributed by atoms with Crippen LogP contribution in [0, 0.1) is 0 Å². The Labute approximate surface area is 130 Å². The Morgan fingerprint density at radius 1 is 1.23 bits per heavy atom. The topological polar surface area (TPSA) is 45.5 Å². The monoisotopic (exact) mass is 298 g/mol. The fourth-order valence-corrected chi connectivity index (χ4v) is 3.11. The van der Waals surface area contributed by atoms with Gasteiger partial charge < -0.3 is 9.67 Å². The summed E-state index contributed by atoms with van der Waals surface area (Å²) in [6, 6.07) is 10.1. The number of benzene rings is 1. The highest BCUT2D eigenvalue weighted by Gasteiger charge is 2.17. The predicted molar refractivity (Wildman–Crippen MR) is 86.9 cm³/mol. The molecule has 2 heterocycles. The zero-order chi connectivity index (χ0) is 15.5. The molecule has 1 aromatic heterocycles. The van der Waals surface area contributed by atoms with E-state index >= 15 is 0 Å². The molecule has 1 aromatic carbocycles. The second-order valence-electron chi connectivity index (χ2n) is 5.94. The summed E-state index contributed by atoms with van der Waals surface area (Å²) >= 11 is 0. The molecule has 0 radical (unpaired) electrons. The van der Waals surface area contributed by atoms with Crippen LogP contribution >= 0.6 is 0 Å². The number of nitrogens with zero attached hydrogens (tertiary/aromatic N) is 2. The molecule has 1 N–H and O–H groups in total. The minimum absolute atomic E-state index is 0.166. The number of hydrogen-bond donors (Lipinski definition) is 1. The van der Waals surface area contributed by atoms with Crippen LogP contribution < -0.4 is 5.43 Å². The number of pyridine rings is 1. The van der Waals surface area contributed by atoms with Gasteiger partial charge in [-0.25, -0.2) is 0 Å². The Bertz CT molecular complexity index is 721. The largest absolute Gasteiger partial charge is 0.503 e. The van der Waals surface area contributed by atoms with Gasteiger partial charge in [0.05, 0.1) is 6.20 Å². The van der Waals surface area contributed by atoms with Crippen LogP contribution in [0.5, 0.6) is 5.75 Å². The van der Waals surface area contributed by atoms with Crippen molar-refractivity contribution in [3.05, 3.63) is 63.6 Å². The van der Waals surface area contributed by atoms with Crippen LogP contribution in [0.4, 0.5) is 0 Å². The molecule has 1 aliphatic heterocycles. The minimum atomic E-state index is -0.292. The average molecular weight is 298 g/mol. The Morgan fingerprint density at radius 2 is 2.00 bits per heavy atom. The summed E-state index contributed by atoms with van der Waals surface area (Å²) in [7, 11) is 0. The van der Waals surface area contributed by atoms with Crippen molar-refractivity contribution in [3.8, 4) is 5.75 Å². The van der Waals surface area contributed by atoms with Crippen LogP contribution in [0.25, 0.3) is 0 Å². The lowest BCUT2D eigenvalue weighted by molar-refractivity contribution is 0.238. The van der Waals surface area contributed by atoms with Gasteiger partial charge in [0.2, 0.25) is 5.43 Å². The zero-order valence-electron chi connectivity index (χ0n) is 13.0. The zero-order valence-corrected chi connectivity index (χ0v) is 13.0. The highest BCUT2D eigenvalue weighted by Crippen LogP contribution is 2.20. The lowest BCUT2D eigenvalue weighted by atomic mass is 10.00. The fourth-order valence-electron chi connectivity index (χ4n) is 3.11. The third-order valence-electron chi connectivity index (χ3n) is 4.26. The fraction of sp³-hybridized carbons (Fsp3) is 0.389. The average Bonchev–Trinajstić information content (AvgIpc) is 2.52. The van der Waals surface area contributed by atoms with Crippen LogP contribution in [0.1, 0.15) is 30.2 Å². The highest BCUT2D eigenvalue weighted by atomic mass is 16.3. The molecule has 0 fully saturated rings. The molecule has 4 nitrogen and oxygen atoms in total. The van der Waals surface area contributed by atoms with Crippen LogP contribution in [0.2, 0.25) is 0 Å². The summed E-state index contributed by atoms with van der Waals surface area (Å²) in [5.41, 5.74) is 3.48. The van der Waals surface area contributed by atoms with Crippen molar-refractivity contribution < 1.29 is 5.11 Å². The van der Waals surface area contributed by atoms with E-state index in [4.69, 9.17) is 0 Å². The molecule has 1 aliphatic rings. The van der Waals surface area contributed by atoms with Crippen LogP contribution in [-0.2, 0) is 26.1 Å². The van der Waals surface area contributed by atoms with Gasteiger partial charge in [-0.05, 0) is 24.0 Å². The van der Waals surface area contributed by atoms with Gasteiger partial charge >= 0.3 is 0 Å². The summed E-state index contributed by atoms with van der Waals surface area (Å²) in [4.78, 5) is 14.1. The molecule has 0 amide bonds. The van der Waals surface area contributed by atoms with E-state index in [1.807, 2.05) is 4.57 Å². The maximum atomic E-state index is 11.8. The van der Waals surface area contributed by atoms with E-state index < -0.39 is 0 Å². The molecule has 0 spiro atoms. The van der Waals surface area contributed by atoms with Gasteiger partial charge in [-0.1, -0.05) is 31.2 Å². The third-order valence-corrected chi connectivity index (χ3v) is 4.26. The number of hydrogen-bond acceptors (Lipinski definition) is 3. The molecule has 3 rings (SSSR count). The van der Waals surface area contributed by atoms with Crippen LogP contribution in [0.3, 0.4) is 0 Å². The minimum Gasteiger partial charge on any atom is -0.503 e.